The minimum absolute atomic E-state index is 0.0220. The van der Waals surface area contributed by atoms with Crippen LogP contribution in [0.3, 0.4) is 0 Å². The van der Waals surface area contributed by atoms with Crippen molar-refractivity contribution in [3.8, 4) is 5.75 Å². The van der Waals surface area contributed by atoms with Crippen LogP contribution in [0.2, 0.25) is 0 Å². The topological polar surface area (TPSA) is 120 Å². The van der Waals surface area contributed by atoms with Crippen LogP contribution in [0.5, 0.6) is 5.75 Å². The minimum Gasteiger partial charge on any atom is -0.872 e. The molecule has 0 aromatic heterocycles. The summed E-state index contributed by atoms with van der Waals surface area (Å²) in [5.41, 5.74) is 3.96. The molecule has 2 aromatic carbocycles. The monoisotopic (exact) mass is 341 g/mol. The molecule has 0 aliphatic carbocycles. The molecule has 130 valence electrons. The number of hydrazone groups is 1. The molecule has 0 heterocycles. The second kappa shape index (κ2) is 7.91. The fraction of sp³-hybridized carbons (Fsp3) is 0.176. The predicted molar refractivity (Wildman–Crippen MR) is 92.5 cm³/mol. The molecule has 0 aliphatic rings. The molecule has 25 heavy (non-hydrogen) atoms. The largest absolute Gasteiger partial charge is 0.872 e. The van der Waals surface area contributed by atoms with E-state index in [0.717, 1.165) is 35.7 Å². The molecule has 0 saturated heterocycles. The number of rotatable bonds is 6. The number of nitrogens with zero attached hydrogens (tertiary/aromatic N) is 2. The van der Waals surface area contributed by atoms with Crippen molar-refractivity contribution >= 4 is 23.5 Å². The Morgan fingerprint density at radius 3 is 2.72 bits per heavy atom. The number of nitro benzene ring substituents is 1. The molecule has 0 fully saturated rings. The van der Waals surface area contributed by atoms with Crippen molar-refractivity contribution in [1.82, 2.24) is 5.43 Å². The van der Waals surface area contributed by atoms with Crippen LogP contribution >= 0.6 is 0 Å². The zero-order valence-electron chi connectivity index (χ0n) is 13.7. The Balaban J connectivity index is 1.98. The highest BCUT2D eigenvalue weighted by atomic mass is 16.6. The van der Waals surface area contributed by atoms with Crippen LogP contribution in [0.15, 0.2) is 47.6 Å². The van der Waals surface area contributed by atoms with E-state index in [-0.39, 0.29) is 11.3 Å². The number of hydrogen-bond donors (Lipinski definition) is 2. The lowest BCUT2D eigenvalue weighted by atomic mass is 10.2. The predicted octanol–water partition coefficient (Wildman–Crippen LogP) is 1.93. The Bertz CT molecular complexity index is 820. The molecule has 1 atom stereocenters. The van der Waals surface area contributed by atoms with E-state index in [0.29, 0.717) is 0 Å². The number of benzene rings is 2. The van der Waals surface area contributed by atoms with E-state index in [4.69, 9.17) is 0 Å². The molecule has 0 aliphatic heterocycles. The molecule has 8 nitrogen and oxygen atoms in total. The van der Waals surface area contributed by atoms with Gasteiger partial charge in [0.05, 0.1) is 11.1 Å². The van der Waals surface area contributed by atoms with Crippen LogP contribution in [0.1, 0.15) is 18.1 Å². The van der Waals surface area contributed by atoms with Gasteiger partial charge in [-0.3, -0.25) is 14.9 Å². The van der Waals surface area contributed by atoms with Crippen molar-refractivity contribution < 1.29 is 14.8 Å². The number of aryl methyl sites for hydroxylation is 1. The van der Waals surface area contributed by atoms with Crippen LogP contribution in [0, 0.1) is 17.0 Å². The maximum absolute atomic E-state index is 12.0. The molecule has 0 bridgehead atoms. The summed E-state index contributed by atoms with van der Waals surface area (Å²) in [6.45, 7) is 3.61. The lowest BCUT2D eigenvalue weighted by Crippen LogP contribution is -2.34. The van der Waals surface area contributed by atoms with Crippen molar-refractivity contribution in [3.63, 3.8) is 0 Å². The average Bonchev–Trinajstić information content (AvgIpc) is 2.56. The smallest absolute Gasteiger partial charge is 0.270 e. The fourth-order valence-electron chi connectivity index (χ4n) is 2.06. The number of hydrogen-bond acceptors (Lipinski definition) is 6. The molecule has 0 radical (unpaired) electrons. The summed E-state index contributed by atoms with van der Waals surface area (Å²) in [5.74, 6) is -0.829. The van der Waals surface area contributed by atoms with E-state index in [9.17, 15) is 20.0 Å². The third-order valence-electron chi connectivity index (χ3n) is 3.38. The van der Waals surface area contributed by atoms with E-state index >= 15 is 0 Å². The van der Waals surface area contributed by atoms with Gasteiger partial charge in [-0.05, 0) is 37.1 Å². The zero-order chi connectivity index (χ0) is 18.4. The number of nitro groups is 1. The molecular formula is C17H17N4O4-. The minimum atomic E-state index is -0.608. The first-order valence-electron chi connectivity index (χ1n) is 7.48. The van der Waals surface area contributed by atoms with Crippen molar-refractivity contribution in [2.75, 3.05) is 5.32 Å². The molecule has 2 N–H and O–H groups in total. The molecule has 0 saturated carbocycles. The van der Waals surface area contributed by atoms with Gasteiger partial charge in [0, 0.05) is 17.8 Å². The normalized spacial score (nSPS) is 11.9. The van der Waals surface area contributed by atoms with Gasteiger partial charge in [0.15, 0.2) is 0 Å². The van der Waals surface area contributed by atoms with Crippen molar-refractivity contribution in [2.24, 2.45) is 5.10 Å². The summed E-state index contributed by atoms with van der Waals surface area (Å²) in [6.07, 6.45) is 1.09. The van der Waals surface area contributed by atoms with E-state index in [1.165, 1.54) is 0 Å². The molecular weight excluding hydrogens is 324 g/mol. The number of non-ortho nitro benzene ring substituents is 1. The third kappa shape index (κ3) is 5.03. The molecule has 0 spiro atoms. The molecule has 8 heteroatoms. The Morgan fingerprint density at radius 1 is 1.28 bits per heavy atom. The van der Waals surface area contributed by atoms with Gasteiger partial charge in [0.1, 0.15) is 6.04 Å². The zero-order valence-corrected chi connectivity index (χ0v) is 13.7. The lowest BCUT2D eigenvalue weighted by molar-refractivity contribution is -0.385. The van der Waals surface area contributed by atoms with Gasteiger partial charge in [-0.25, -0.2) is 5.43 Å². The third-order valence-corrected chi connectivity index (χ3v) is 3.38. The molecule has 1 unspecified atom stereocenters. The highest BCUT2D eigenvalue weighted by molar-refractivity contribution is 5.88. The summed E-state index contributed by atoms with van der Waals surface area (Å²) >= 11 is 0. The van der Waals surface area contributed by atoms with E-state index in [1.54, 1.807) is 6.92 Å². The summed E-state index contributed by atoms with van der Waals surface area (Å²) in [7, 11) is 0. The highest BCUT2D eigenvalue weighted by Gasteiger charge is 2.11. The Hall–Kier alpha value is -3.42. The van der Waals surface area contributed by atoms with Crippen molar-refractivity contribution in [3.05, 3.63) is 63.7 Å². The Morgan fingerprint density at radius 2 is 2.04 bits per heavy atom. The maximum Gasteiger partial charge on any atom is 0.270 e. The van der Waals surface area contributed by atoms with E-state index < -0.39 is 22.6 Å². The number of carbonyl (C=O) groups excluding carboxylic acids is 1. The standard InChI is InChI=1S/C17H18N4O4/c1-11-4-3-5-14(8-11)19-12(2)17(23)20-18-10-13-9-15(21(24)25)6-7-16(13)22/h3-10,12,19,22H,1-2H3,(H,20,23)/p-1. The van der Waals surface area contributed by atoms with Gasteiger partial charge in [-0.1, -0.05) is 23.9 Å². The van der Waals surface area contributed by atoms with Gasteiger partial charge in [0.2, 0.25) is 0 Å². The lowest BCUT2D eigenvalue weighted by Gasteiger charge is -2.14. The number of nitrogens with one attached hydrogen (secondary N) is 2. The first-order valence-corrected chi connectivity index (χ1v) is 7.48. The van der Waals surface area contributed by atoms with Crippen LogP contribution in [-0.2, 0) is 4.79 Å². The van der Waals surface area contributed by atoms with Crippen molar-refractivity contribution in [1.29, 1.82) is 0 Å². The summed E-state index contributed by atoms with van der Waals surface area (Å²) < 4.78 is 0. The van der Waals surface area contributed by atoms with E-state index in [2.05, 4.69) is 15.8 Å². The fourth-order valence-corrected chi connectivity index (χ4v) is 2.06. The van der Waals surface area contributed by atoms with Crippen molar-refractivity contribution in [2.45, 2.75) is 19.9 Å². The highest BCUT2D eigenvalue weighted by Crippen LogP contribution is 2.19. The van der Waals surface area contributed by atoms with Crippen LogP contribution in [0.25, 0.3) is 0 Å². The Kier molecular flexibility index (Phi) is 5.67. The van der Waals surface area contributed by atoms with Gasteiger partial charge < -0.3 is 10.4 Å². The molecule has 2 aromatic rings. The summed E-state index contributed by atoms with van der Waals surface area (Å²) in [5, 5.41) is 29.1. The average molecular weight is 341 g/mol. The van der Waals surface area contributed by atoms with Gasteiger partial charge in [-0.2, -0.15) is 5.10 Å². The SMILES string of the molecule is Cc1cccc(NC(C)C(=O)NN=Cc2cc([N+](=O)[O-])ccc2[O-])c1. The van der Waals surface area contributed by atoms with Crippen LogP contribution in [0.4, 0.5) is 11.4 Å². The first kappa shape index (κ1) is 17.9. The van der Waals surface area contributed by atoms with Gasteiger partial charge >= 0.3 is 0 Å². The van der Waals surface area contributed by atoms with Crippen LogP contribution < -0.4 is 15.8 Å². The first-order chi connectivity index (χ1) is 11.9. The number of anilines is 1. The molecule has 1 amide bonds. The summed E-state index contributed by atoms with van der Waals surface area (Å²) in [4.78, 5) is 22.1. The van der Waals surface area contributed by atoms with Gasteiger partial charge in [-0.15, -0.1) is 0 Å². The van der Waals surface area contributed by atoms with E-state index in [1.807, 2.05) is 31.2 Å². The maximum atomic E-state index is 12.0. The molecule has 2 rings (SSSR count). The van der Waals surface area contributed by atoms with Gasteiger partial charge in [0.25, 0.3) is 11.6 Å². The van der Waals surface area contributed by atoms with Crippen LogP contribution in [-0.4, -0.2) is 23.1 Å². The Labute approximate surface area is 144 Å². The number of amides is 1. The number of carbonyl (C=O) groups is 1. The second-order valence-electron chi connectivity index (χ2n) is 5.45. The quantitative estimate of drug-likeness (QED) is 0.472. The summed E-state index contributed by atoms with van der Waals surface area (Å²) in [6, 6.07) is 10.3. The second-order valence-corrected chi connectivity index (χ2v) is 5.45.